The molecule has 1 amide bonds. The molecule has 0 aromatic heterocycles. The molecule has 36 heavy (non-hydrogen) atoms. The fourth-order valence-electron chi connectivity index (χ4n) is 4.16. The van der Waals surface area contributed by atoms with Crippen molar-refractivity contribution >= 4 is 34.6 Å². The number of rotatable bonds is 13. The molecule has 6 nitrogen and oxygen atoms in total. The fourth-order valence-corrected chi connectivity index (χ4v) is 4.37. The summed E-state index contributed by atoms with van der Waals surface area (Å²) in [6, 6.07) is 19.9. The molecular weight excluding hydrogens is 474 g/mol. The van der Waals surface area contributed by atoms with Gasteiger partial charge in [-0.25, -0.2) is 0 Å². The van der Waals surface area contributed by atoms with E-state index in [0.717, 1.165) is 24.2 Å². The van der Waals surface area contributed by atoms with Gasteiger partial charge in [0.15, 0.2) is 0 Å². The summed E-state index contributed by atoms with van der Waals surface area (Å²) in [5.74, 6) is -0.495. The number of non-ortho nitro benzene ring substituents is 1. The van der Waals surface area contributed by atoms with Gasteiger partial charge in [-0.1, -0.05) is 74.9 Å². The highest BCUT2D eigenvalue weighted by atomic mass is 35.5. The standard InChI is InChI=1S/C29H34ClN3O3/c1-3-5-6-7-8-9-20-32(4-2)25-16-12-23(13-17-25)22-10-14-24(15-11-22)31-29(34)27-21-26(33(35)36)18-19-28(27)30/h10-19,21H,3-9,20H2,1-2H3,(H,31,34). The van der Waals surface area contributed by atoms with Gasteiger partial charge in [0.1, 0.15) is 0 Å². The molecule has 0 unspecified atom stereocenters. The maximum absolute atomic E-state index is 12.6. The summed E-state index contributed by atoms with van der Waals surface area (Å²) in [6.07, 6.45) is 7.76. The topological polar surface area (TPSA) is 75.5 Å². The molecule has 0 aliphatic rings. The van der Waals surface area contributed by atoms with Crippen LogP contribution in [0.5, 0.6) is 0 Å². The Bertz CT molecular complexity index is 1150. The number of carbonyl (C=O) groups is 1. The predicted octanol–water partition coefficient (Wildman–Crippen LogP) is 8.35. The first-order valence-electron chi connectivity index (χ1n) is 12.6. The average molecular weight is 508 g/mol. The number of unbranched alkanes of at least 4 members (excludes halogenated alkanes) is 5. The zero-order chi connectivity index (χ0) is 25.9. The molecule has 0 saturated carbocycles. The van der Waals surface area contributed by atoms with Crippen LogP contribution in [0.3, 0.4) is 0 Å². The molecule has 0 spiro atoms. The molecule has 3 aromatic rings. The number of nitrogens with zero attached hydrogens (tertiary/aromatic N) is 2. The van der Waals surface area contributed by atoms with Crippen molar-refractivity contribution in [3.63, 3.8) is 0 Å². The minimum Gasteiger partial charge on any atom is -0.372 e. The molecule has 0 radical (unpaired) electrons. The van der Waals surface area contributed by atoms with Crippen LogP contribution in [-0.4, -0.2) is 23.9 Å². The number of amides is 1. The third kappa shape index (κ3) is 7.56. The van der Waals surface area contributed by atoms with E-state index in [1.54, 1.807) is 0 Å². The summed E-state index contributed by atoms with van der Waals surface area (Å²) >= 11 is 6.08. The van der Waals surface area contributed by atoms with E-state index in [4.69, 9.17) is 11.6 Å². The molecule has 3 rings (SSSR count). The first-order valence-corrected chi connectivity index (χ1v) is 13.0. The van der Waals surface area contributed by atoms with Crippen LogP contribution in [0.15, 0.2) is 66.7 Å². The van der Waals surface area contributed by atoms with Crippen molar-refractivity contribution in [2.24, 2.45) is 0 Å². The van der Waals surface area contributed by atoms with Crippen LogP contribution in [-0.2, 0) is 0 Å². The molecule has 0 aliphatic carbocycles. The minimum atomic E-state index is -0.554. The minimum absolute atomic E-state index is 0.0620. The summed E-state index contributed by atoms with van der Waals surface area (Å²) in [5, 5.41) is 13.9. The van der Waals surface area contributed by atoms with E-state index in [9.17, 15) is 14.9 Å². The van der Waals surface area contributed by atoms with Gasteiger partial charge in [0, 0.05) is 36.6 Å². The van der Waals surface area contributed by atoms with Gasteiger partial charge in [0.25, 0.3) is 11.6 Å². The molecule has 0 fully saturated rings. The zero-order valence-corrected chi connectivity index (χ0v) is 21.8. The van der Waals surface area contributed by atoms with E-state index in [1.807, 2.05) is 24.3 Å². The molecule has 0 heterocycles. The second-order valence-electron chi connectivity index (χ2n) is 8.85. The fraction of sp³-hybridized carbons (Fsp3) is 0.345. The second-order valence-corrected chi connectivity index (χ2v) is 9.25. The number of carbonyl (C=O) groups excluding carboxylic acids is 1. The molecular formula is C29H34ClN3O3. The predicted molar refractivity (Wildman–Crippen MR) is 149 cm³/mol. The lowest BCUT2D eigenvalue weighted by Crippen LogP contribution is -2.23. The smallest absolute Gasteiger partial charge is 0.270 e. The van der Waals surface area contributed by atoms with Crippen molar-refractivity contribution in [2.45, 2.75) is 52.4 Å². The van der Waals surface area contributed by atoms with Gasteiger partial charge in [-0.3, -0.25) is 14.9 Å². The van der Waals surface area contributed by atoms with Crippen molar-refractivity contribution in [2.75, 3.05) is 23.3 Å². The average Bonchev–Trinajstić information content (AvgIpc) is 2.89. The first kappa shape index (κ1) is 27.2. The summed E-state index contributed by atoms with van der Waals surface area (Å²) in [6.45, 7) is 6.50. The van der Waals surface area contributed by atoms with E-state index >= 15 is 0 Å². The highest BCUT2D eigenvalue weighted by Gasteiger charge is 2.16. The summed E-state index contributed by atoms with van der Waals surface area (Å²) in [5.41, 5.74) is 3.82. The normalized spacial score (nSPS) is 10.8. The van der Waals surface area contributed by atoms with Gasteiger partial charge >= 0.3 is 0 Å². The zero-order valence-electron chi connectivity index (χ0n) is 21.0. The van der Waals surface area contributed by atoms with E-state index in [0.29, 0.717) is 5.69 Å². The van der Waals surface area contributed by atoms with Crippen LogP contribution in [0.2, 0.25) is 5.02 Å². The summed E-state index contributed by atoms with van der Waals surface area (Å²) in [4.78, 5) is 25.5. The maximum atomic E-state index is 12.6. The third-order valence-corrected chi connectivity index (χ3v) is 6.61. The lowest BCUT2D eigenvalue weighted by molar-refractivity contribution is -0.384. The molecule has 1 N–H and O–H groups in total. The highest BCUT2D eigenvalue weighted by Crippen LogP contribution is 2.26. The third-order valence-electron chi connectivity index (χ3n) is 6.28. The molecule has 0 atom stereocenters. The van der Waals surface area contributed by atoms with Crippen molar-refractivity contribution in [1.82, 2.24) is 0 Å². The van der Waals surface area contributed by atoms with Crippen molar-refractivity contribution in [3.8, 4) is 11.1 Å². The Morgan fingerprint density at radius 2 is 1.50 bits per heavy atom. The van der Waals surface area contributed by atoms with Crippen molar-refractivity contribution in [3.05, 3.63) is 87.4 Å². The van der Waals surface area contributed by atoms with E-state index in [1.165, 1.54) is 62.4 Å². The lowest BCUT2D eigenvalue weighted by atomic mass is 10.0. The summed E-state index contributed by atoms with van der Waals surface area (Å²) in [7, 11) is 0. The Hall–Kier alpha value is -3.38. The monoisotopic (exact) mass is 507 g/mol. The largest absolute Gasteiger partial charge is 0.372 e. The van der Waals surface area contributed by atoms with Crippen molar-refractivity contribution in [1.29, 1.82) is 0 Å². The Balaban J connectivity index is 1.60. The number of benzene rings is 3. The van der Waals surface area contributed by atoms with E-state index < -0.39 is 10.8 Å². The summed E-state index contributed by atoms with van der Waals surface area (Å²) < 4.78 is 0. The molecule has 0 aliphatic heterocycles. The van der Waals surface area contributed by atoms with Crippen LogP contribution < -0.4 is 10.2 Å². The number of nitro benzene ring substituents is 1. The maximum Gasteiger partial charge on any atom is 0.270 e. The number of nitrogens with one attached hydrogen (secondary N) is 1. The van der Waals surface area contributed by atoms with Gasteiger partial charge in [0.05, 0.1) is 15.5 Å². The quantitative estimate of drug-likeness (QED) is 0.143. The van der Waals surface area contributed by atoms with Crippen LogP contribution in [0.25, 0.3) is 11.1 Å². The van der Waals surface area contributed by atoms with Crippen LogP contribution in [0.4, 0.5) is 17.1 Å². The SMILES string of the molecule is CCCCCCCCN(CC)c1ccc(-c2ccc(NC(=O)c3cc([N+](=O)[O-])ccc3Cl)cc2)cc1. The Kier molecular flexibility index (Phi) is 10.3. The number of halogens is 1. The number of hydrogen-bond acceptors (Lipinski definition) is 4. The number of hydrogen-bond donors (Lipinski definition) is 1. The molecule has 190 valence electrons. The van der Waals surface area contributed by atoms with Gasteiger partial charge in [0.2, 0.25) is 0 Å². The van der Waals surface area contributed by atoms with E-state index in [-0.39, 0.29) is 16.3 Å². The van der Waals surface area contributed by atoms with Gasteiger partial charge in [-0.15, -0.1) is 0 Å². The van der Waals surface area contributed by atoms with Gasteiger partial charge in [-0.05, 0) is 54.8 Å². The van der Waals surface area contributed by atoms with Gasteiger partial charge < -0.3 is 10.2 Å². The second kappa shape index (κ2) is 13.6. The van der Waals surface area contributed by atoms with Crippen LogP contribution in [0.1, 0.15) is 62.7 Å². The molecule has 7 heteroatoms. The first-order chi connectivity index (χ1) is 17.4. The molecule has 0 saturated heterocycles. The van der Waals surface area contributed by atoms with Crippen LogP contribution >= 0.6 is 11.6 Å². The molecule has 3 aromatic carbocycles. The number of nitro groups is 1. The lowest BCUT2D eigenvalue weighted by Gasteiger charge is -2.23. The Labute approximate surface area is 218 Å². The Morgan fingerprint density at radius 1 is 0.889 bits per heavy atom. The highest BCUT2D eigenvalue weighted by molar-refractivity contribution is 6.34. The number of anilines is 2. The Morgan fingerprint density at radius 3 is 2.11 bits per heavy atom. The van der Waals surface area contributed by atoms with Crippen LogP contribution in [0, 0.1) is 10.1 Å². The van der Waals surface area contributed by atoms with Gasteiger partial charge in [-0.2, -0.15) is 0 Å². The molecule has 0 bridgehead atoms. The van der Waals surface area contributed by atoms with E-state index in [2.05, 4.69) is 48.3 Å². The van der Waals surface area contributed by atoms with Crippen molar-refractivity contribution < 1.29 is 9.72 Å².